The van der Waals surface area contributed by atoms with Crippen LogP contribution in [-0.2, 0) is 0 Å². The van der Waals surface area contributed by atoms with E-state index < -0.39 is 0 Å². The molecule has 0 saturated heterocycles. The van der Waals surface area contributed by atoms with Crippen molar-refractivity contribution in [3.05, 3.63) is 6.92 Å². The number of hydrogen-bond acceptors (Lipinski definition) is 0. The molecule has 0 amide bonds. The molecular weight excluding hydrogens is 180 g/mol. The Hall–Kier alpha value is 0. The average Bonchev–Trinajstić information content (AvgIpc) is 2.26. The molecule has 91 valence electrons. The molecule has 0 bridgehead atoms. The Labute approximate surface area is 97.8 Å². The lowest BCUT2D eigenvalue weighted by atomic mass is 9.80. The second kappa shape index (κ2) is 10.5. The first-order valence-electron chi connectivity index (χ1n) is 7.09. The van der Waals surface area contributed by atoms with Crippen LogP contribution in [0, 0.1) is 18.8 Å². The minimum Gasteiger partial charge on any atom is -0.0654 e. The summed E-state index contributed by atoms with van der Waals surface area (Å²) in [6.45, 7) is 11.0. The summed E-state index contributed by atoms with van der Waals surface area (Å²) in [5.74, 6) is 1.96. The Morgan fingerprint density at radius 1 is 0.800 bits per heavy atom. The maximum Gasteiger partial charge on any atom is -0.0386 e. The molecule has 0 aromatic heterocycles. The van der Waals surface area contributed by atoms with E-state index in [1.165, 1.54) is 51.4 Å². The summed E-state index contributed by atoms with van der Waals surface area (Å²) < 4.78 is 0. The Bertz CT molecular complexity index is 117. The molecule has 0 spiro atoms. The van der Waals surface area contributed by atoms with Crippen LogP contribution < -0.4 is 0 Å². The molecule has 0 aliphatic carbocycles. The van der Waals surface area contributed by atoms with Crippen LogP contribution in [0.2, 0.25) is 0 Å². The molecule has 0 heteroatoms. The van der Waals surface area contributed by atoms with E-state index in [9.17, 15) is 0 Å². The van der Waals surface area contributed by atoms with E-state index in [4.69, 9.17) is 0 Å². The number of rotatable bonds is 10. The van der Waals surface area contributed by atoms with Gasteiger partial charge in [-0.05, 0) is 11.8 Å². The highest BCUT2D eigenvalue weighted by atomic mass is 14.2. The predicted octanol–water partition coefficient (Wildman–Crippen LogP) is 5.62. The lowest BCUT2D eigenvalue weighted by Crippen LogP contribution is -2.14. The molecule has 0 aliphatic heterocycles. The van der Waals surface area contributed by atoms with Gasteiger partial charge in [0, 0.05) is 0 Å². The monoisotopic (exact) mass is 211 g/mol. The Morgan fingerprint density at radius 2 is 1.47 bits per heavy atom. The summed E-state index contributed by atoms with van der Waals surface area (Å²) >= 11 is 0. The normalized spacial score (nSPS) is 15.2. The van der Waals surface area contributed by atoms with Gasteiger partial charge in [0.25, 0.3) is 0 Å². The standard InChI is InChI=1S/C15H31/c1-5-9-12-14(8-4)15(11-7-3)13-10-6-2/h14-15H,2,5-13H2,1,3-4H3. The van der Waals surface area contributed by atoms with Crippen molar-refractivity contribution >= 4 is 0 Å². The third-order valence-corrected chi connectivity index (χ3v) is 3.60. The largest absolute Gasteiger partial charge is 0.0654 e. The zero-order valence-electron chi connectivity index (χ0n) is 11.2. The first kappa shape index (κ1) is 15.0. The molecule has 0 nitrogen and oxygen atoms in total. The van der Waals surface area contributed by atoms with Gasteiger partial charge in [-0.1, -0.05) is 85.5 Å². The van der Waals surface area contributed by atoms with E-state index in [0.29, 0.717) is 0 Å². The van der Waals surface area contributed by atoms with Crippen molar-refractivity contribution in [1.29, 1.82) is 0 Å². The minimum atomic E-state index is 0.980. The first-order valence-corrected chi connectivity index (χ1v) is 7.09. The maximum atomic E-state index is 3.97. The molecule has 0 rings (SSSR count). The van der Waals surface area contributed by atoms with E-state index in [1.807, 2.05) is 0 Å². The third-order valence-electron chi connectivity index (χ3n) is 3.60. The molecule has 0 aliphatic rings. The van der Waals surface area contributed by atoms with Crippen molar-refractivity contribution < 1.29 is 0 Å². The van der Waals surface area contributed by atoms with Gasteiger partial charge in [-0.3, -0.25) is 0 Å². The lowest BCUT2D eigenvalue weighted by Gasteiger charge is -2.26. The summed E-state index contributed by atoms with van der Waals surface area (Å²) in [5.41, 5.74) is 0. The van der Waals surface area contributed by atoms with Crippen LogP contribution in [0.5, 0.6) is 0 Å². The van der Waals surface area contributed by atoms with Gasteiger partial charge in [0.2, 0.25) is 0 Å². The fourth-order valence-electron chi connectivity index (χ4n) is 2.63. The quantitative estimate of drug-likeness (QED) is 0.440. The summed E-state index contributed by atoms with van der Waals surface area (Å²) in [5, 5.41) is 0. The minimum absolute atomic E-state index is 0.980. The van der Waals surface area contributed by atoms with E-state index in [1.54, 1.807) is 0 Å². The Kier molecular flexibility index (Phi) is 10.5. The van der Waals surface area contributed by atoms with E-state index in [-0.39, 0.29) is 0 Å². The van der Waals surface area contributed by atoms with Gasteiger partial charge in [0.1, 0.15) is 0 Å². The molecule has 2 unspecified atom stereocenters. The van der Waals surface area contributed by atoms with Crippen molar-refractivity contribution in [3.8, 4) is 0 Å². The maximum absolute atomic E-state index is 3.97. The smallest absolute Gasteiger partial charge is 0.0386 e. The highest BCUT2D eigenvalue weighted by Crippen LogP contribution is 2.30. The third kappa shape index (κ3) is 6.98. The van der Waals surface area contributed by atoms with Crippen LogP contribution >= 0.6 is 0 Å². The number of hydrogen-bond donors (Lipinski definition) is 0. The highest BCUT2D eigenvalue weighted by Gasteiger charge is 2.17. The van der Waals surface area contributed by atoms with Crippen molar-refractivity contribution in [2.24, 2.45) is 11.8 Å². The van der Waals surface area contributed by atoms with Crippen LogP contribution in [0.25, 0.3) is 0 Å². The lowest BCUT2D eigenvalue weighted by molar-refractivity contribution is 0.258. The molecule has 0 aromatic carbocycles. The summed E-state index contributed by atoms with van der Waals surface area (Å²) in [6, 6.07) is 0. The summed E-state index contributed by atoms with van der Waals surface area (Å²) in [6.07, 6.45) is 12.2. The van der Waals surface area contributed by atoms with Gasteiger partial charge in [0.15, 0.2) is 0 Å². The molecule has 2 atom stereocenters. The van der Waals surface area contributed by atoms with Gasteiger partial charge in [-0.15, -0.1) is 0 Å². The highest BCUT2D eigenvalue weighted by molar-refractivity contribution is 4.69. The zero-order valence-corrected chi connectivity index (χ0v) is 11.2. The fraction of sp³-hybridized carbons (Fsp3) is 0.933. The van der Waals surface area contributed by atoms with E-state index >= 15 is 0 Å². The van der Waals surface area contributed by atoms with Gasteiger partial charge in [0.05, 0.1) is 0 Å². The summed E-state index contributed by atoms with van der Waals surface area (Å²) in [7, 11) is 0. The average molecular weight is 211 g/mol. The van der Waals surface area contributed by atoms with Crippen molar-refractivity contribution in [2.75, 3.05) is 0 Å². The molecule has 0 N–H and O–H groups in total. The summed E-state index contributed by atoms with van der Waals surface area (Å²) in [4.78, 5) is 0. The fourth-order valence-corrected chi connectivity index (χ4v) is 2.63. The van der Waals surface area contributed by atoms with Gasteiger partial charge in [-0.2, -0.15) is 0 Å². The molecule has 0 saturated carbocycles. The van der Waals surface area contributed by atoms with Gasteiger partial charge < -0.3 is 0 Å². The van der Waals surface area contributed by atoms with Crippen LogP contribution in [-0.4, -0.2) is 0 Å². The van der Waals surface area contributed by atoms with Crippen LogP contribution in [0.1, 0.15) is 78.6 Å². The zero-order chi connectivity index (χ0) is 11.5. The second-order valence-corrected chi connectivity index (χ2v) is 4.86. The molecule has 15 heavy (non-hydrogen) atoms. The molecule has 0 fully saturated rings. The molecular formula is C15H31. The SMILES string of the molecule is [CH2]CCCC(CCC)C(CC)CCCC. The molecule has 0 aromatic rings. The first-order chi connectivity index (χ1) is 7.29. The second-order valence-electron chi connectivity index (χ2n) is 4.86. The Morgan fingerprint density at radius 3 is 1.93 bits per heavy atom. The van der Waals surface area contributed by atoms with Crippen molar-refractivity contribution in [1.82, 2.24) is 0 Å². The molecule has 1 radical (unpaired) electrons. The number of unbranched alkanes of at least 4 members (excludes halogenated alkanes) is 2. The van der Waals surface area contributed by atoms with Crippen molar-refractivity contribution in [3.63, 3.8) is 0 Å². The molecule has 0 heterocycles. The van der Waals surface area contributed by atoms with Gasteiger partial charge >= 0.3 is 0 Å². The van der Waals surface area contributed by atoms with E-state index in [2.05, 4.69) is 27.7 Å². The van der Waals surface area contributed by atoms with Crippen molar-refractivity contribution in [2.45, 2.75) is 78.6 Å². The van der Waals surface area contributed by atoms with Crippen LogP contribution in [0.4, 0.5) is 0 Å². The topological polar surface area (TPSA) is 0 Å². The van der Waals surface area contributed by atoms with Gasteiger partial charge in [-0.25, -0.2) is 0 Å². The predicted molar refractivity (Wildman–Crippen MR) is 70.9 cm³/mol. The van der Waals surface area contributed by atoms with E-state index in [0.717, 1.165) is 18.3 Å². The van der Waals surface area contributed by atoms with Crippen LogP contribution in [0.3, 0.4) is 0 Å². The van der Waals surface area contributed by atoms with Crippen LogP contribution in [0.15, 0.2) is 0 Å². The Balaban J connectivity index is 4.00.